The summed E-state index contributed by atoms with van der Waals surface area (Å²) >= 11 is 2.75. The molecule has 0 aromatic rings. The van der Waals surface area contributed by atoms with Crippen molar-refractivity contribution in [2.45, 2.75) is 6.42 Å². The van der Waals surface area contributed by atoms with Crippen LogP contribution in [0.4, 0.5) is 0 Å². The smallest absolute Gasteiger partial charge is 0.0521 e. The van der Waals surface area contributed by atoms with E-state index >= 15 is 0 Å². The maximum absolute atomic E-state index is 8.40. The second-order valence-electron chi connectivity index (χ2n) is 1.65. The van der Waals surface area contributed by atoms with Crippen LogP contribution in [0.15, 0.2) is 0 Å². The SMILES string of the molecule is OCCSCCCSOOO. The van der Waals surface area contributed by atoms with E-state index in [1.165, 1.54) is 0 Å². The standard InChI is InChI=1S/C5H12O4S2/c6-2-5-10-3-1-4-11-9-8-7/h6-7H,1-5H2. The molecule has 0 heterocycles. The maximum Gasteiger partial charge on any atom is 0.0521 e. The first kappa shape index (κ1) is 11.5. The number of aliphatic hydroxyl groups is 1. The molecule has 0 saturated heterocycles. The molecule has 0 spiro atoms. The lowest BCUT2D eigenvalue weighted by Crippen LogP contribution is -1.90. The molecule has 0 aliphatic heterocycles. The van der Waals surface area contributed by atoms with Crippen molar-refractivity contribution in [3.8, 4) is 0 Å². The van der Waals surface area contributed by atoms with Gasteiger partial charge in [-0.05, 0) is 12.2 Å². The fraction of sp³-hybridized carbons (Fsp3) is 1.00. The van der Waals surface area contributed by atoms with Gasteiger partial charge in [-0.3, -0.25) is 0 Å². The zero-order chi connectivity index (χ0) is 8.36. The third kappa shape index (κ3) is 10.5. The van der Waals surface area contributed by atoms with E-state index in [-0.39, 0.29) is 6.61 Å². The molecule has 0 atom stereocenters. The average Bonchev–Trinajstić information content (AvgIpc) is 2.03. The summed E-state index contributed by atoms with van der Waals surface area (Å²) in [5.74, 6) is 2.55. The van der Waals surface area contributed by atoms with Crippen molar-refractivity contribution in [3.63, 3.8) is 0 Å². The van der Waals surface area contributed by atoms with Gasteiger partial charge in [-0.1, -0.05) is 5.04 Å². The zero-order valence-electron chi connectivity index (χ0n) is 6.06. The first-order valence-electron chi connectivity index (χ1n) is 3.20. The van der Waals surface area contributed by atoms with Gasteiger partial charge in [0.15, 0.2) is 0 Å². The van der Waals surface area contributed by atoms with E-state index in [4.69, 9.17) is 10.4 Å². The van der Waals surface area contributed by atoms with Gasteiger partial charge in [-0.2, -0.15) is 11.8 Å². The van der Waals surface area contributed by atoms with Gasteiger partial charge in [-0.15, -0.1) is 4.33 Å². The Morgan fingerprint density at radius 1 is 1.18 bits per heavy atom. The van der Waals surface area contributed by atoms with Crippen molar-refractivity contribution in [2.75, 3.05) is 23.9 Å². The molecule has 0 aliphatic carbocycles. The summed E-state index contributed by atoms with van der Waals surface area (Å²) in [7, 11) is 0. The van der Waals surface area contributed by atoms with Crippen LogP contribution in [0, 0.1) is 0 Å². The van der Waals surface area contributed by atoms with Crippen molar-refractivity contribution >= 4 is 23.8 Å². The Kier molecular flexibility index (Phi) is 11.1. The van der Waals surface area contributed by atoms with Gasteiger partial charge >= 0.3 is 0 Å². The van der Waals surface area contributed by atoms with Gasteiger partial charge < -0.3 is 5.11 Å². The van der Waals surface area contributed by atoms with Crippen LogP contribution in [-0.4, -0.2) is 34.2 Å². The van der Waals surface area contributed by atoms with Crippen molar-refractivity contribution in [1.82, 2.24) is 0 Å². The Bertz CT molecular complexity index is 65.5. The van der Waals surface area contributed by atoms with E-state index in [9.17, 15) is 0 Å². The average molecular weight is 200 g/mol. The first-order valence-corrected chi connectivity index (χ1v) is 5.26. The summed E-state index contributed by atoms with van der Waals surface area (Å²) < 4.78 is 4.15. The van der Waals surface area contributed by atoms with Crippen molar-refractivity contribution in [1.29, 1.82) is 0 Å². The molecule has 0 radical (unpaired) electrons. The molecule has 0 rings (SSSR count). The summed E-state index contributed by atoms with van der Waals surface area (Å²) in [4.78, 5) is 0. The lowest BCUT2D eigenvalue weighted by Gasteiger charge is -1.97. The molecule has 68 valence electrons. The van der Waals surface area contributed by atoms with Gasteiger partial charge in [0.05, 0.1) is 6.61 Å². The molecule has 0 aromatic carbocycles. The lowest BCUT2D eigenvalue weighted by atomic mass is 10.6. The largest absolute Gasteiger partial charge is 0.396 e. The molecular weight excluding hydrogens is 188 g/mol. The number of hydrogen-bond acceptors (Lipinski definition) is 6. The van der Waals surface area contributed by atoms with E-state index in [1.54, 1.807) is 11.8 Å². The van der Waals surface area contributed by atoms with Gasteiger partial charge in [0, 0.05) is 23.5 Å². The van der Waals surface area contributed by atoms with E-state index in [2.05, 4.69) is 9.37 Å². The minimum Gasteiger partial charge on any atom is -0.396 e. The van der Waals surface area contributed by atoms with E-state index in [0.717, 1.165) is 35.7 Å². The van der Waals surface area contributed by atoms with Crippen LogP contribution in [-0.2, 0) is 9.37 Å². The van der Waals surface area contributed by atoms with E-state index < -0.39 is 0 Å². The Balaban J connectivity index is 2.69. The molecule has 0 amide bonds. The topological polar surface area (TPSA) is 58.9 Å². The van der Waals surface area contributed by atoms with Gasteiger partial charge in [0.2, 0.25) is 0 Å². The molecule has 0 saturated carbocycles. The van der Waals surface area contributed by atoms with Crippen LogP contribution in [0.1, 0.15) is 6.42 Å². The Morgan fingerprint density at radius 3 is 2.64 bits per heavy atom. The van der Waals surface area contributed by atoms with Crippen molar-refractivity contribution < 1.29 is 19.7 Å². The highest BCUT2D eigenvalue weighted by Gasteiger charge is 1.91. The Labute approximate surface area is 74.3 Å². The second kappa shape index (κ2) is 10.5. The normalized spacial score (nSPS) is 10.4. The van der Waals surface area contributed by atoms with Gasteiger partial charge in [0.25, 0.3) is 0 Å². The summed E-state index contributed by atoms with van der Waals surface area (Å²) in [6.45, 7) is 0.230. The third-order valence-electron chi connectivity index (χ3n) is 0.831. The predicted molar refractivity (Wildman–Crippen MR) is 46.3 cm³/mol. The summed E-state index contributed by atoms with van der Waals surface area (Å²) in [6.07, 6.45) is 0.971. The molecule has 0 bridgehead atoms. The Hall–Kier alpha value is 0.540. The molecule has 0 unspecified atom stereocenters. The fourth-order valence-electron chi connectivity index (χ4n) is 0.442. The van der Waals surface area contributed by atoms with Crippen LogP contribution in [0.25, 0.3) is 0 Å². The molecule has 0 aliphatic rings. The fourth-order valence-corrected chi connectivity index (χ4v) is 1.68. The Morgan fingerprint density at radius 2 is 2.00 bits per heavy atom. The number of rotatable bonds is 8. The highest BCUT2D eigenvalue weighted by atomic mass is 32.2. The summed E-state index contributed by atoms with van der Waals surface area (Å²) in [6, 6.07) is 0. The quantitative estimate of drug-likeness (QED) is 0.265. The molecule has 6 heteroatoms. The zero-order valence-corrected chi connectivity index (χ0v) is 7.70. The van der Waals surface area contributed by atoms with Crippen LogP contribution >= 0.6 is 23.8 Å². The molecule has 11 heavy (non-hydrogen) atoms. The molecule has 4 nitrogen and oxygen atoms in total. The maximum atomic E-state index is 8.40. The molecule has 0 fully saturated rings. The third-order valence-corrected chi connectivity index (χ3v) is 2.49. The summed E-state index contributed by atoms with van der Waals surface area (Å²) in [5, 5.41) is 19.5. The van der Waals surface area contributed by atoms with Crippen molar-refractivity contribution in [3.05, 3.63) is 0 Å². The number of aliphatic hydroxyl groups excluding tert-OH is 1. The molecule has 2 N–H and O–H groups in total. The predicted octanol–water partition coefficient (Wildman–Crippen LogP) is 1.17. The van der Waals surface area contributed by atoms with Gasteiger partial charge in [0.1, 0.15) is 0 Å². The van der Waals surface area contributed by atoms with Crippen LogP contribution in [0.2, 0.25) is 0 Å². The first-order chi connectivity index (χ1) is 5.41. The molecular formula is C5H12O4S2. The van der Waals surface area contributed by atoms with Crippen molar-refractivity contribution in [2.24, 2.45) is 0 Å². The minimum absolute atomic E-state index is 0.230. The minimum atomic E-state index is 0.230. The number of hydrogen-bond donors (Lipinski definition) is 2. The second-order valence-corrected chi connectivity index (χ2v) is 3.66. The van der Waals surface area contributed by atoms with Gasteiger partial charge in [-0.25, -0.2) is 5.26 Å². The van der Waals surface area contributed by atoms with Crippen LogP contribution in [0.5, 0.6) is 0 Å². The highest BCUT2D eigenvalue weighted by Crippen LogP contribution is 2.08. The van der Waals surface area contributed by atoms with E-state index in [0.29, 0.717) is 0 Å². The van der Waals surface area contributed by atoms with E-state index in [1.807, 2.05) is 0 Å². The van der Waals surface area contributed by atoms with Crippen LogP contribution < -0.4 is 0 Å². The lowest BCUT2D eigenvalue weighted by molar-refractivity contribution is -0.432. The summed E-state index contributed by atoms with van der Waals surface area (Å²) in [5.41, 5.74) is 0. The molecule has 0 aromatic heterocycles. The number of thioether (sulfide) groups is 1. The monoisotopic (exact) mass is 200 g/mol. The van der Waals surface area contributed by atoms with Crippen LogP contribution in [0.3, 0.4) is 0 Å². The highest BCUT2D eigenvalue weighted by molar-refractivity contribution is 7.99.